The van der Waals surface area contributed by atoms with Gasteiger partial charge in [-0.3, -0.25) is 4.79 Å². The summed E-state index contributed by atoms with van der Waals surface area (Å²) in [6, 6.07) is 5.95. The fourth-order valence-corrected chi connectivity index (χ4v) is 5.11. The van der Waals surface area contributed by atoms with Crippen LogP contribution in [0, 0.1) is 0 Å². The van der Waals surface area contributed by atoms with E-state index in [0.29, 0.717) is 0 Å². The number of aromatic hydroxyl groups is 3. The van der Waals surface area contributed by atoms with Crippen molar-refractivity contribution in [2.45, 2.75) is 61.4 Å². The molecule has 0 spiro atoms. The summed E-state index contributed by atoms with van der Waals surface area (Å²) < 4.78 is 32.7. The van der Waals surface area contributed by atoms with Crippen LogP contribution in [-0.2, 0) is 14.2 Å². The summed E-state index contributed by atoms with van der Waals surface area (Å²) in [5.41, 5.74) is -0.685. The molecule has 0 unspecified atom stereocenters. The summed E-state index contributed by atoms with van der Waals surface area (Å²) in [5.74, 6) is -2.39. The minimum Gasteiger partial charge on any atom is -0.504 e. The molecule has 2 saturated heterocycles. The second-order valence-electron chi connectivity index (χ2n) is 10.4. The first-order chi connectivity index (χ1) is 21.4. The molecule has 17 nitrogen and oxygen atoms in total. The van der Waals surface area contributed by atoms with Gasteiger partial charge in [-0.15, -0.1) is 0 Å². The van der Waals surface area contributed by atoms with E-state index in [9.17, 15) is 55.9 Å². The maximum atomic E-state index is 12.8. The zero-order chi connectivity index (χ0) is 32.7. The fourth-order valence-electron chi connectivity index (χ4n) is 5.11. The highest BCUT2D eigenvalue weighted by Gasteiger charge is 2.51. The predicted molar refractivity (Wildman–Crippen MR) is 146 cm³/mol. The summed E-state index contributed by atoms with van der Waals surface area (Å²) in [5, 5.41) is 102. The van der Waals surface area contributed by atoms with Crippen LogP contribution in [0.2, 0.25) is 0 Å². The first-order valence-corrected chi connectivity index (χ1v) is 13.5. The number of fused-ring (bicyclic) bond motifs is 1. The molecule has 17 heteroatoms. The Hall–Kier alpha value is -3.75. The van der Waals surface area contributed by atoms with Gasteiger partial charge in [-0.2, -0.15) is 0 Å². The van der Waals surface area contributed by atoms with Crippen molar-refractivity contribution in [3.63, 3.8) is 0 Å². The minimum atomic E-state index is -1.90. The second-order valence-corrected chi connectivity index (χ2v) is 10.4. The van der Waals surface area contributed by atoms with E-state index in [4.69, 9.17) is 28.1 Å². The molecule has 2 aliphatic heterocycles. The molecule has 0 saturated carbocycles. The van der Waals surface area contributed by atoms with Gasteiger partial charge < -0.3 is 79.2 Å². The van der Waals surface area contributed by atoms with Crippen molar-refractivity contribution in [3.05, 3.63) is 40.6 Å². The van der Waals surface area contributed by atoms with Crippen LogP contribution in [0.5, 0.6) is 28.7 Å². The van der Waals surface area contributed by atoms with Crippen molar-refractivity contribution in [2.24, 2.45) is 0 Å². The SMILES string of the molecule is COc1cc2oc(-c3ccc(O)c(O[C@H]4O[C@@H](CO)[C@H](O[C@@H]5O[C@@H](CO)[C@@H](O)[C@@H](O)[C@@H]5O)[C@H](O)[C@@H]4O)c3)cc(=O)c2c(O)c1O. The molecule has 0 aliphatic carbocycles. The van der Waals surface area contributed by atoms with Gasteiger partial charge in [-0.25, -0.2) is 0 Å². The van der Waals surface area contributed by atoms with E-state index in [1.54, 1.807) is 0 Å². The standard InChI is InChI=1S/C28H32O17/c1-40-15-6-14-18(21(35)19(15)33)11(32)5-12(41-14)9-2-3-10(31)13(4-9)42-27-25(39)23(37)26(17(8-30)44-27)45-28-24(38)22(36)20(34)16(7-29)43-28/h2-6,16-17,20,22-31,33-39H,7-8H2,1H3/t16-,17-,20+,22+,23+,24-,25-,26-,27-,28-/m0/s1. The normalized spacial score (nSPS) is 32.0. The molecule has 10 atom stereocenters. The minimum absolute atomic E-state index is 0.0594. The lowest BCUT2D eigenvalue weighted by atomic mass is 9.97. The number of phenols is 3. The summed E-state index contributed by atoms with van der Waals surface area (Å²) in [4.78, 5) is 12.8. The molecule has 2 aliphatic rings. The number of benzene rings is 2. The molecule has 3 heterocycles. The van der Waals surface area contributed by atoms with Crippen LogP contribution in [0.25, 0.3) is 22.3 Å². The Bertz CT molecular complexity index is 1570. The average molecular weight is 641 g/mol. The highest BCUT2D eigenvalue weighted by molar-refractivity contribution is 5.89. The van der Waals surface area contributed by atoms with Gasteiger partial charge in [0.05, 0.1) is 20.3 Å². The fraction of sp³-hybridized carbons (Fsp3) is 0.464. The highest BCUT2D eigenvalue weighted by Crippen LogP contribution is 2.42. The monoisotopic (exact) mass is 640 g/mol. The maximum Gasteiger partial charge on any atom is 0.229 e. The third-order valence-electron chi connectivity index (χ3n) is 7.60. The van der Waals surface area contributed by atoms with E-state index < -0.39 is 97.3 Å². The number of hydrogen-bond acceptors (Lipinski definition) is 17. The van der Waals surface area contributed by atoms with Crippen molar-refractivity contribution in [2.75, 3.05) is 20.3 Å². The van der Waals surface area contributed by atoms with Crippen molar-refractivity contribution in [1.82, 2.24) is 0 Å². The highest BCUT2D eigenvalue weighted by atomic mass is 16.7. The quantitative estimate of drug-likeness (QED) is 0.115. The number of aliphatic hydroxyl groups excluding tert-OH is 7. The lowest BCUT2D eigenvalue weighted by Gasteiger charge is -2.45. The molecule has 0 amide bonds. The van der Waals surface area contributed by atoms with Gasteiger partial charge in [0.2, 0.25) is 12.0 Å². The van der Waals surface area contributed by atoms with Crippen molar-refractivity contribution in [1.29, 1.82) is 0 Å². The molecular formula is C28H32O17. The summed E-state index contributed by atoms with van der Waals surface area (Å²) >= 11 is 0. The van der Waals surface area contributed by atoms with E-state index in [1.165, 1.54) is 31.4 Å². The number of phenolic OH excluding ortho intramolecular Hbond substituents is 3. The molecular weight excluding hydrogens is 608 g/mol. The van der Waals surface area contributed by atoms with Gasteiger partial charge in [0.15, 0.2) is 34.7 Å². The maximum absolute atomic E-state index is 12.8. The number of rotatable bonds is 8. The van der Waals surface area contributed by atoms with E-state index in [-0.39, 0.29) is 33.8 Å². The van der Waals surface area contributed by atoms with Gasteiger partial charge in [-0.1, -0.05) is 0 Å². The lowest BCUT2D eigenvalue weighted by Crippen LogP contribution is -2.65. The number of methoxy groups -OCH3 is 1. The Kier molecular flexibility index (Phi) is 9.38. The Labute approximate surface area is 252 Å². The molecule has 0 radical (unpaired) electrons. The van der Waals surface area contributed by atoms with Crippen molar-refractivity contribution in [3.8, 4) is 40.1 Å². The number of aliphatic hydroxyl groups is 7. The first-order valence-electron chi connectivity index (χ1n) is 13.5. The van der Waals surface area contributed by atoms with E-state index >= 15 is 0 Å². The zero-order valence-corrected chi connectivity index (χ0v) is 23.4. The third-order valence-corrected chi connectivity index (χ3v) is 7.60. The smallest absolute Gasteiger partial charge is 0.229 e. The summed E-state index contributed by atoms with van der Waals surface area (Å²) in [7, 11) is 1.23. The van der Waals surface area contributed by atoms with Crippen molar-refractivity contribution >= 4 is 11.0 Å². The van der Waals surface area contributed by atoms with E-state index in [2.05, 4.69) is 0 Å². The Balaban J connectivity index is 1.38. The van der Waals surface area contributed by atoms with Gasteiger partial charge in [0.25, 0.3) is 0 Å². The van der Waals surface area contributed by atoms with Crippen LogP contribution in [0.3, 0.4) is 0 Å². The Morgan fingerprint density at radius 2 is 1.42 bits per heavy atom. The largest absolute Gasteiger partial charge is 0.504 e. The summed E-state index contributed by atoms with van der Waals surface area (Å²) in [6.45, 7) is -1.56. The molecule has 1 aromatic heterocycles. The molecule has 3 aromatic rings. The predicted octanol–water partition coefficient (Wildman–Crippen LogP) is -2.41. The topological polar surface area (TPSA) is 279 Å². The second kappa shape index (κ2) is 12.9. The van der Waals surface area contributed by atoms with Crippen LogP contribution < -0.4 is 14.9 Å². The lowest BCUT2D eigenvalue weighted by molar-refractivity contribution is -0.352. The molecule has 10 N–H and O–H groups in total. The summed E-state index contributed by atoms with van der Waals surface area (Å²) in [6.07, 6.45) is -16.8. The molecule has 246 valence electrons. The van der Waals surface area contributed by atoms with Gasteiger partial charge in [0, 0.05) is 17.7 Å². The molecule has 2 aromatic carbocycles. The zero-order valence-electron chi connectivity index (χ0n) is 23.4. The molecule has 5 rings (SSSR count). The van der Waals surface area contributed by atoms with Crippen LogP contribution in [0.15, 0.2) is 39.5 Å². The van der Waals surface area contributed by atoms with Crippen LogP contribution in [0.1, 0.15) is 0 Å². The van der Waals surface area contributed by atoms with Crippen molar-refractivity contribution < 1.29 is 79.2 Å². The van der Waals surface area contributed by atoms with Gasteiger partial charge in [0.1, 0.15) is 65.6 Å². The molecule has 0 bridgehead atoms. The number of hydrogen-bond donors (Lipinski definition) is 10. The molecule has 2 fully saturated rings. The Morgan fingerprint density at radius 3 is 2.09 bits per heavy atom. The van der Waals surface area contributed by atoms with Gasteiger partial charge >= 0.3 is 0 Å². The van der Waals surface area contributed by atoms with Crippen LogP contribution in [-0.4, -0.2) is 133 Å². The first kappa shape index (κ1) is 32.6. The van der Waals surface area contributed by atoms with E-state index in [1.807, 2.05) is 0 Å². The van der Waals surface area contributed by atoms with E-state index in [0.717, 1.165) is 6.07 Å². The Morgan fingerprint density at radius 1 is 0.756 bits per heavy atom. The van der Waals surface area contributed by atoms with Crippen LogP contribution >= 0.6 is 0 Å². The van der Waals surface area contributed by atoms with Crippen LogP contribution in [0.4, 0.5) is 0 Å². The van der Waals surface area contributed by atoms with Gasteiger partial charge in [-0.05, 0) is 18.2 Å². The number of ether oxygens (including phenoxy) is 5. The third kappa shape index (κ3) is 5.98. The average Bonchev–Trinajstić information content (AvgIpc) is 3.02. The molecule has 45 heavy (non-hydrogen) atoms.